The third kappa shape index (κ3) is 3.97. The molecule has 1 amide bonds. The number of morpholine rings is 1. The predicted molar refractivity (Wildman–Crippen MR) is 79.5 cm³/mol. The zero-order valence-electron chi connectivity index (χ0n) is 11.0. The molecule has 5 nitrogen and oxygen atoms in total. The molecule has 1 fully saturated rings. The van der Waals surface area contributed by atoms with E-state index in [-0.39, 0.29) is 19.1 Å². The van der Waals surface area contributed by atoms with Crippen LogP contribution in [0.3, 0.4) is 0 Å². The van der Waals surface area contributed by atoms with Gasteiger partial charge in [0.05, 0.1) is 23.2 Å². The Bertz CT molecular complexity index is 588. The van der Waals surface area contributed by atoms with Crippen molar-refractivity contribution < 1.29 is 19.4 Å². The molecule has 1 heterocycles. The highest BCUT2D eigenvalue weighted by Gasteiger charge is 2.27. The number of aliphatic carboxylic acids is 1. The largest absolute Gasteiger partial charge is 0.479 e. The van der Waals surface area contributed by atoms with Gasteiger partial charge in [0.25, 0.3) is 0 Å². The molecule has 1 aromatic carbocycles. The molecule has 0 saturated carbocycles. The van der Waals surface area contributed by atoms with Crippen molar-refractivity contribution in [1.82, 2.24) is 4.90 Å². The summed E-state index contributed by atoms with van der Waals surface area (Å²) in [6.45, 7) is 0.590. The maximum Gasteiger partial charge on any atom is 0.334 e. The molecule has 1 unspecified atom stereocenters. The lowest BCUT2D eigenvalue weighted by molar-refractivity contribution is -0.158. The van der Waals surface area contributed by atoms with Crippen LogP contribution in [0.25, 0.3) is 6.08 Å². The minimum absolute atomic E-state index is 0.0295. The zero-order chi connectivity index (χ0) is 15.4. The number of carboxylic acid groups (broad SMARTS) is 1. The number of hydrogen-bond donors (Lipinski definition) is 1. The standard InChI is InChI=1S/C14H13Cl2NO4/c15-10-3-1-2-9(13(10)16)4-5-12(18)17-6-7-21-11(8-17)14(19)20/h1-5,11H,6-8H2,(H,19,20)/b5-4+. The second-order valence-electron chi connectivity index (χ2n) is 4.46. The molecule has 0 spiro atoms. The molecule has 1 aliphatic heterocycles. The Balaban J connectivity index is 2.05. The van der Waals surface area contributed by atoms with Crippen molar-refractivity contribution in [2.75, 3.05) is 19.7 Å². The van der Waals surface area contributed by atoms with Crippen LogP contribution in [-0.2, 0) is 14.3 Å². The lowest BCUT2D eigenvalue weighted by Crippen LogP contribution is -2.48. The van der Waals surface area contributed by atoms with Crippen LogP contribution in [0, 0.1) is 0 Å². The summed E-state index contributed by atoms with van der Waals surface area (Å²) < 4.78 is 5.06. The number of nitrogens with zero attached hydrogens (tertiary/aromatic N) is 1. The van der Waals surface area contributed by atoms with Gasteiger partial charge < -0.3 is 14.7 Å². The van der Waals surface area contributed by atoms with E-state index in [0.717, 1.165) is 0 Å². The number of hydrogen-bond acceptors (Lipinski definition) is 3. The second-order valence-corrected chi connectivity index (χ2v) is 5.24. The summed E-state index contributed by atoms with van der Waals surface area (Å²) in [7, 11) is 0. The van der Waals surface area contributed by atoms with Gasteiger partial charge in [-0.25, -0.2) is 4.79 Å². The Labute approximate surface area is 131 Å². The number of carbonyl (C=O) groups is 2. The van der Waals surface area contributed by atoms with Gasteiger partial charge in [0.15, 0.2) is 6.10 Å². The van der Waals surface area contributed by atoms with E-state index < -0.39 is 12.1 Å². The lowest BCUT2D eigenvalue weighted by atomic mass is 10.2. The van der Waals surface area contributed by atoms with Crippen LogP contribution in [0.2, 0.25) is 10.0 Å². The van der Waals surface area contributed by atoms with Crippen LogP contribution >= 0.6 is 23.2 Å². The van der Waals surface area contributed by atoms with E-state index in [4.69, 9.17) is 33.0 Å². The summed E-state index contributed by atoms with van der Waals surface area (Å²) in [6, 6.07) is 5.12. The van der Waals surface area contributed by atoms with Crippen molar-refractivity contribution in [1.29, 1.82) is 0 Å². The molecule has 1 aliphatic rings. The normalized spacial score (nSPS) is 19.0. The first-order valence-electron chi connectivity index (χ1n) is 6.24. The quantitative estimate of drug-likeness (QED) is 0.864. The number of carbonyl (C=O) groups excluding carboxylic acids is 1. The van der Waals surface area contributed by atoms with Crippen LogP contribution in [0.15, 0.2) is 24.3 Å². The van der Waals surface area contributed by atoms with Gasteiger partial charge in [-0.2, -0.15) is 0 Å². The Kier molecular flexibility index (Phi) is 5.22. The fourth-order valence-electron chi connectivity index (χ4n) is 1.91. The summed E-state index contributed by atoms with van der Waals surface area (Å²) in [5.74, 6) is -1.37. The monoisotopic (exact) mass is 329 g/mol. The average Bonchev–Trinajstić information content (AvgIpc) is 2.48. The van der Waals surface area contributed by atoms with Crippen molar-refractivity contribution in [3.63, 3.8) is 0 Å². The number of halogens is 2. The zero-order valence-corrected chi connectivity index (χ0v) is 12.5. The SMILES string of the molecule is O=C(O)C1CN(C(=O)/C=C/c2cccc(Cl)c2Cl)CCO1. The second kappa shape index (κ2) is 6.93. The van der Waals surface area contributed by atoms with E-state index in [0.29, 0.717) is 22.2 Å². The van der Waals surface area contributed by atoms with E-state index in [1.165, 1.54) is 11.0 Å². The third-order valence-corrected chi connectivity index (χ3v) is 3.87. The number of ether oxygens (including phenoxy) is 1. The molecular weight excluding hydrogens is 317 g/mol. The molecule has 1 atom stereocenters. The Morgan fingerprint density at radius 2 is 2.14 bits per heavy atom. The van der Waals surface area contributed by atoms with Crippen LogP contribution in [-0.4, -0.2) is 47.7 Å². The first-order chi connectivity index (χ1) is 9.99. The topological polar surface area (TPSA) is 66.8 Å². The van der Waals surface area contributed by atoms with Gasteiger partial charge in [-0.05, 0) is 17.7 Å². The molecule has 1 aromatic rings. The van der Waals surface area contributed by atoms with E-state index in [1.807, 2.05) is 0 Å². The summed E-state index contributed by atoms with van der Waals surface area (Å²) >= 11 is 11.9. The summed E-state index contributed by atoms with van der Waals surface area (Å²) in [5, 5.41) is 9.67. The summed E-state index contributed by atoms with van der Waals surface area (Å²) in [6.07, 6.45) is 1.93. The fourth-order valence-corrected chi connectivity index (χ4v) is 2.29. The van der Waals surface area contributed by atoms with E-state index in [1.54, 1.807) is 24.3 Å². The molecule has 112 valence electrons. The summed E-state index contributed by atoms with van der Waals surface area (Å²) in [5.41, 5.74) is 0.626. The number of amides is 1. The minimum atomic E-state index is -1.07. The molecule has 7 heteroatoms. The van der Waals surface area contributed by atoms with Crippen LogP contribution in [0.1, 0.15) is 5.56 Å². The van der Waals surface area contributed by atoms with Gasteiger partial charge in [0.1, 0.15) is 0 Å². The van der Waals surface area contributed by atoms with Gasteiger partial charge in [0, 0.05) is 12.6 Å². The van der Waals surface area contributed by atoms with Crippen LogP contribution < -0.4 is 0 Å². The van der Waals surface area contributed by atoms with E-state index >= 15 is 0 Å². The number of benzene rings is 1. The highest BCUT2D eigenvalue weighted by molar-refractivity contribution is 6.42. The van der Waals surface area contributed by atoms with Gasteiger partial charge in [0.2, 0.25) is 5.91 Å². The smallest absolute Gasteiger partial charge is 0.334 e. The molecule has 2 rings (SSSR count). The predicted octanol–water partition coefficient (Wildman–Crippen LogP) is 2.32. The van der Waals surface area contributed by atoms with Crippen molar-refractivity contribution in [3.8, 4) is 0 Å². The first kappa shape index (κ1) is 15.8. The van der Waals surface area contributed by atoms with E-state index in [2.05, 4.69) is 0 Å². The van der Waals surface area contributed by atoms with Gasteiger partial charge >= 0.3 is 5.97 Å². The molecule has 0 bridgehead atoms. The molecule has 21 heavy (non-hydrogen) atoms. The molecule has 0 aromatic heterocycles. The Morgan fingerprint density at radius 3 is 2.86 bits per heavy atom. The number of carboxylic acids is 1. The maximum absolute atomic E-state index is 12.1. The highest BCUT2D eigenvalue weighted by Crippen LogP contribution is 2.26. The molecule has 1 N–H and O–H groups in total. The van der Waals surface area contributed by atoms with Crippen LogP contribution in [0.4, 0.5) is 0 Å². The lowest BCUT2D eigenvalue weighted by Gasteiger charge is -2.30. The van der Waals surface area contributed by atoms with Crippen molar-refractivity contribution in [2.45, 2.75) is 6.10 Å². The average molecular weight is 330 g/mol. The van der Waals surface area contributed by atoms with Gasteiger partial charge in [-0.1, -0.05) is 35.3 Å². The molecular formula is C14H13Cl2NO4. The highest BCUT2D eigenvalue weighted by atomic mass is 35.5. The van der Waals surface area contributed by atoms with Crippen molar-refractivity contribution in [2.24, 2.45) is 0 Å². The summed E-state index contributed by atoms with van der Waals surface area (Å²) in [4.78, 5) is 24.3. The van der Waals surface area contributed by atoms with Crippen molar-refractivity contribution in [3.05, 3.63) is 39.9 Å². The van der Waals surface area contributed by atoms with Crippen LogP contribution in [0.5, 0.6) is 0 Å². The van der Waals surface area contributed by atoms with Gasteiger partial charge in [-0.3, -0.25) is 4.79 Å². The van der Waals surface area contributed by atoms with Gasteiger partial charge in [-0.15, -0.1) is 0 Å². The maximum atomic E-state index is 12.1. The molecule has 0 aliphatic carbocycles. The Hall–Kier alpha value is -1.56. The molecule has 0 radical (unpaired) electrons. The Morgan fingerprint density at radius 1 is 1.38 bits per heavy atom. The fraction of sp³-hybridized carbons (Fsp3) is 0.286. The molecule has 1 saturated heterocycles. The minimum Gasteiger partial charge on any atom is -0.479 e. The van der Waals surface area contributed by atoms with E-state index in [9.17, 15) is 9.59 Å². The third-order valence-electron chi connectivity index (χ3n) is 3.04. The number of rotatable bonds is 3. The van der Waals surface area contributed by atoms with Crippen molar-refractivity contribution >= 4 is 41.2 Å². The first-order valence-corrected chi connectivity index (χ1v) is 7.00.